The van der Waals surface area contributed by atoms with Crippen molar-refractivity contribution in [1.82, 2.24) is 0 Å². The van der Waals surface area contributed by atoms with Gasteiger partial charge >= 0.3 is 0 Å². The van der Waals surface area contributed by atoms with Gasteiger partial charge in [-0.25, -0.2) is 16.8 Å². The molecule has 0 radical (unpaired) electrons. The second-order valence-electron chi connectivity index (χ2n) is 7.37. The quantitative estimate of drug-likeness (QED) is 0.781. The fourth-order valence-corrected chi connectivity index (χ4v) is 11.5. The van der Waals surface area contributed by atoms with E-state index in [1.807, 2.05) is 0 Å². The highest BCUT2D eigenvalue weighted by molar-refractivity contribution is 8.11. The molecule has 3 fully saturated rings. The summed E-state index contributed by atoms with van der Waals surface area (Å²) in [5, 5.41) is -0.833. The third kappa shape index (κ3) is 2.45. The van der Waals surface area contributed by atoms with Crippen LogP contribution in [-0.2, 0) is 19.7 Å². The summed E-state index contributed by atoms with van der Waals surface area (Å²) < 4.78 is 51.4. The van der Waals surface area contributed by atoms with Crippen LogP contribution in [0.5, 0.6) is 0 Å². The smallest absolute Gasteiger partial charge is 0.173 e. The maximum atomic E-state index is 13.2. The lowest BCUT2D eigenvalue weighted by Gasteiger charge is -2.45. The summed E-state index contributed by atoms with van der Waals surface area (Å²) >= 11 is 0. The van der Waals surface area contributed by atoms with Gasteiger partial charge in [0.05, 0.1) is 10.5 Å². The minimum atomic E-state index is -3.58. The van der Waals surface area contributed by atoms with Crippen molar-refractivity contribution in [1.29, 1.82) is 0 Å². The van der Waals surface area contributed by atoms with Crippen LogP contribution >= 0.6 is 0 Å². The first-order valence-electron chi connectivity index (χ1n) is 8.89. The van der Waals surface area contributed by atoms with Crippen LogP contribution in [0.15, 0.2) is 0 Å². The highest BCUT2D eigenvalue weighted by Crippen LogP contribution is 2.50. The largest absolute Gasteiger partial charge is 0.227 e. The van der Waals surface area contributed by atoms with Gasteiger partial charge in [-0.05, 0) is 44.9 Å². The van der Waals surface area contributed by atoms with E-state index in [-0.39, 0.29) is 0 Å². The molecule has 22 heavy (non-hydrogen) atoms. The Morgan fingerprint density at radius 3 is 1.18 bits per heavy atom. The van der Waals surface area contributed by atoms with Crippen LogP contribution in [0.25, 0.3) is 0 Å². The number of hydrogen-bond acceptors (Lipinski definition) is 4. The second-order valence-corrected chi connectivity index (χ2v) is 12.7. The van der Waals surface area contributed by atoms with E-state index in [1.165, 1.54) is 0 Å². The Balaban J connectivity index is 1.93. The summed E-state index contributed by atoms with van der Waals surface area (Å²) in [4.78, 5) is 0. The molecule has 3 saturated carbocycles. The molecule has 0 aromatic heterocycles. The van der Waals surface area contributed by atoms with Gasteiger partial charge in [0.25, 0.3) is 0 Å². The van der Waals surface area contributed by atoms with Gasteiger partial charge in [-0.2, -0.15) is 0 Å². The molecule has 128 valence electrons. The third-order valence-corrected chi connectivity index (χ3v) is 13.1. The van der Waals surface area contributed by atoms with Gasteiger partial charge in [0.1, 0.15) is 0 Å². The zero-order valence-electron chi connectivity index (χ0n) is 13.3. The van der Waals surface area contributed by atoms with Gasteiger partial charge in [0.2, 0.25) is 0 Å². The zero-order valence-corrected chi connectivity index (χ0v) is 14.9. The number of hydrogen-bond donors (Lipinski definition) is 0. The monoisotopic (exact) mass is 348 g/mol. The second kappa shape index (κ2) is 6.08. The summed E-state index contributed by atoms with van der Waals surface area (Å²) in [5.41, 5.74) is 0. The Kier molecular flexibility index (Phi) is 4.63. The molecule has 0 unspecified atom stereocenters. The molecule has 0 bridgehead atoms. The topological polar surface area (TPSA) is 68.3 Å². The third-order valence-electron chi connectivity index (χ3n) is 6.13. The van der Waals surface area contributed by atoms with Crippen molar-refractivity contribution in [2.75, 3.05) is 0 Å². The van der Waals surface area contributed by atoms with E-state index in [0.29, 0.717) is 38.5 Å². The molecule has 0 amide bonds. The molecule has 3 aliphatic rings. The minimum Gasteiger partial charge on any atom is -0.227 e. The van der Waals surface area contributed by atoms with Gasteiger partial charge in [-0.1, -0.05) is 38.5 Å². The van der Waals surface area contributed by atoms with Crippen LogP contribution in [0.3, 0.4) is 0 Å². The molecule has 0 spiro atoms. The van der Waals surface area contributed by atoms with E-state index in [0.717, 1.165) is 44.9 Å². The fourth-order valence-electron chi connectivity index (χ4n) is 4.55. The minimum absolute atomic E-state index is 0.338. The lowest BCUT2D eigenvalue weighted by Crippen LogP contribution is -2.58. The molecule has 0 saturated heterocycles. The molecule has 3 rings (SSSR count). The van der Waals surface area contributed by atoms with Gasteiger partial charge in [-0.15, -0.1) is 0 Å². The Hall–Kier alpha value is -0.100. The molecule has 6 heteroatoms. The first-order valence-corrected chi connectivity index (χ1v) is 12.0. The van der Waals surface area contributed by atoms with Gasteiger partial charge in [-0.3, -0.25) is 0 Å². The lowest BCUT2D eigenvalue weighted by atomic mass is 9.98. The van der Waals surface area contributed by atoms with E-state index in [9.17, 15) is 16.8 Å². The van der Waals surface area contributed by atoms with Crippen molar-refractivity contribution in [3.05, 3.63) is 0 Å². The SMILES string of the molecule is O=S(=O)(C1CCCCC1)C1(S(=O)(=O)C2CCCCC2)CCC1. The summed E-state index contributed by atoms with van der Waals surface area (Å²) in [6.45, 7) is 0. The van der Waals surface area contributed by atoms with E-state index < -0.39 is 34.3 Å². The van der Waals surface area contributed by atoms with Crippen molar-refractivity contribution >= 4 is 19.7 Å². The summed E-state index contributed by atoms with van der Waals surface area (Å²) in [7, 11) is -7.16. The number of rotatable bonds is 4. The lowest BCUT2D eigenvalue weighted by molar-refractivity contribution is 0.387. The molecule has 0 heterocycles. The highest BCUT2D eigenvalue weighted by atomic mass is 32.3. The summed E-state index contributed by atoms with van der Waals surface area (Å²) in [6.07, 6.45) is 9.87. The average molecular weight is 349 g/mol. The first kappa shape index (κ1) is 16.7. The van der Waals surface area contributed by atoms with Crippen molar-refractivity contribution in [3.8, 4) is 0 Å². The van der Waals surface area contributed by atoms with Crippen LogP contribution in [0, 0.1) is 0 Å². The maximum Gasteiger partial charge on any atom is 0.173 e. The summed E-state index contributed by atoms with van der Waals surface area (Å²) in [5.74, 6) is 0. The predicted octanol–water partition coefficient (Wildman–Crippen LogP) is 3.36. The van der Waals surface area contributed by atoms with Crippen LogP contribution in [-0.4, -0.2) is 31.4 Å². The molecular formula is C16H28O4S2. The predicted molar refractivity (Wildman–Crippen MR) is 88.2 cm³/mol. The van der Waals surface area contributed by atoms with Gasteiger partial charge in [0, 0.05) is 0 Å². The van der Waals surface area contributed by atoms with Gasteiger partial charge < -0.3 is 0 Å². The molecule has 0 aromatic carbocycles. The average Bonchev–Trinajstić information content (AvgIpc) is 2.47. The Bertz CT molecular complexity index is 540. The first-order chi connectivity index (χ1) is 10.4. The molecule has 0 N–H and O–H groups in total. The Morgan fingerprint density at radius 1 is 0.545 bits per heavy atom. The van der Waals surface area contributed by atoms with Crippen molar-refractivity contribution in [2.45, 2.75) is 98.0 Å². The van der Waals surface area contributed by atoms with E-state index in [4.69, 9.17) is 0 Å². The highest BCUT2D eigenvalue weighted by Gasteiger charge is 2.62. The Labute approximate surface area is 134 Å². The normalized spacial score (nSPS) is 28.2. The fraction of sp³-hybridized carbons (Fsp3) is 1.00. The number of sulfone groups is 2. The molecular weight excluding hydrogens is 320 g/mol. The standard InChI is InChI=1S/C16H28O4S2/c17-21(18,14-8-3-1-4-9-14)16(12-7-13-16)22(19,20)15-10-5-2-6-11-15/h14-15H,1-13H2. The summed E-state index contributed by atoms with van der Waals surface area (Å²) in [6, 6.07) is 0. The molecule has 0 atom stereocenters. The molecule has 4 nitrogen and oxygen atoms in total. The van der Waals surface area contributed by atoms with Crippen LogP contribution < -0.4 is 0 Å². The Morgan fingerprint density at radius 2 is 0.909 bits per heavy atom. The molecule has 3 aliphatic carbocycles. The maximum absolute atomic E-state index is 13.2. The zero-order chi connectivity index (χ0) is 15.8. The van der Waals surface area contributed by atoms with E-state index >= 15 is 0 Å². The molecule has 0 aliphatic heterocycles. The van der Waals surface area contributed by atoms with Crippen molar-refractivity contribution < 1.29 is 16.8 Å². The van der Waals surface area contributed by atoms with E-state index in [1.54, 1.807) is 0 Å². The van der Waals surface area contributed by atoms with Crippen molar-refractivity contribution in [2.24, 2.45) is 0 Å². The molecule has 0 aromatic rings. The van der Waals surface area contributed by atoms with Crippen molar-refractivity contribution in [3.63, 3.8) is 0 Å². The van der Waals surface area contributed by atoms with Crippen LogP contribution in [0.4, 0.5) is 0 Å². The van der Waals surface area contributed by atoms with Gasteiger partial charge in [0.15, 0.2) is 23.8 Å². The van der Waals surface area contributed by atoms with Crippen LogP contribution in [0.1, 0.15) is 83.5 Å². The van der Waals surface area contributed by atoms with Crippen LogP contribution in [0.2, 0.25) is 0 Å². The van der Waals surface area contributed by atoms with E-state index in [2.05, 4.69) is 0 Å².